The molecule has 2 amide bonds. The molecule has 0 radical (unpaired) electrons. The second-order valence-electron chi connectivity index (χ2n) is 5.08. The summed E-state index contributed by atoms with van der Waals surface area (Å²) in [5.74, 6) is 0.685. The molecule has 1 saturated carbocycles. The highest BCUT2D eigenvalue weighted by Crippen LogP contribution is 2.33. The largest absolute Gasteiger partial charge is 0.467 e. The van der Waals surface area contributed by atoms with Gasteiger partial charge in [-0.1, -0.05) is 12.8 Å². The summed E-state index contributed by atoms with van der Waals surface area (Å²) in [5.41, 5.74) is -0.637. The minimum absolute atomic E-state index is 0.0380. The predicted molar refractivity (Wildman–Crippen MR) is 63.5 cm³/mol. The Hall–Kier alpha value is -1.78. The van der Waals surface area contributed by atoms with Gasteiger partial charge in [0.05, 0.1) is 12.8 Å². The number of nitrogens with one attached hydrogen (secondary N) is 1. The highest BCUT2D eigenvalue weighted by molar-refractivity contribution is 5.98. The number of carbonyl (C=O) groups excluding carboxylic acids is 2. The van der Waals surface area contributed by atoms with Gasteiger partial charge in [0, 0.05) is 0 Å². The Morgan fingerprint density at radius 1 is 1.33 bits per heavy atom. The van der Waals surface area contributed by atoms with Gasteiger partial charge in [0.1, 0.15) is 17.8 Å². The molecule has 0 unspecified atom stereocenters. The molecule has 0 aromatic carbocycles. The van der Waals surface area contributed by atoms with Gasteiger partial charge in [0.15, 0.2) is 0 Å². The van der Waals surface area contributed by atoms with Gasteiger partial charge in [-0.25, -0.2) is 0 Å². The van der Waals surface area contributed by atoms with Gasteiger partial charge < -0.3 is 14.6 Å². The maximum atomic E-state index is 12.5. The van der Waals surface area contributed by atoms with E-state index in [4.69, 9.17) is 4.42 Å². The molecule has 1 aromatic rings. The lowest BCUT2D eigenvalue weighted by atomic mass is 9.93. The van der Waals surface area contributed by atoms with E-state index in [9.17, 15) is 9.59 Å². The molecule has 0 bridgehead atoms. The molecule has 1 spiro atoms. The Morgan fingerprint density at radius 2 is 2.11 bits per heavy atom. The number of carbonyl (C=O) groups is 2. The van der Waals surface area contributed by atoms with Gasteiger partial charge in [0.25, 0.3) is 0 Å². The number of hydrogen-bond acceptors (Lipinski definition) is 3. The predicted octanol–water partition coefficient (Wildman–Crippen LogP) is 1.05. The van der Waals surface area contributed by atoms with Gasteiger partial charge >= 0.3 is 0 Å². The van der Waals surface area contributed by atoms with Crippen LogP contribution in [-0.2, 0) is 16.1 Å². The van der Waals surface area contributed by atoms with Gasteiger partial charge in [-0.3, -0.25) is 9.59 Å². The van der Waals surface area contributed by atoms with E-state index in [1.807, 2.05) is 6.07 Å². The summed E-state index contributed by atoms with van der Waals surface area (Å²) in [6, 6.07) is 3.61. The van der Waals surface area contributed by atoms with Crippen LogP contribution in [0.2, 0.25) is 0 Å². The number of hydrogen-bond donors (Lipinski definition) is 1. The smallest absolute Gasteiger partial charge is 0.249 e. The summed E-state index contributed by atoms with van der Waals surface area (Å²) in [4.78, 5) is 25.9. The molecule has 5 heteroatoms. The first-order chi connectivity index (χ1) is 8.70. The van der Waals surface area contributed by atoms with Crippen LogP contribution in [0, 0.1) is 0 Å². The van der Waals surface area contributed by atoms with Crippen molar-refractivity contribution in [2.75, 3.05) is 6.54 Å². The Morgan fingerprint density at radius 3 is 2.78 bits per heavy atom. The molecule has 2 fully saturated rings. The third-order valence-electron chi connectivity index (χ3n) is 3.79. The fourth-order valence-corrected chi connectivity index (χ4v) is 2.94. The van der Waals surface area contributed by atoms with E-state index in [0.29, 0.717) is 12.3 Å². The van der Waals surface area contributed by atoms with Crippen molar-refractivity contribution in [2.24, 2.45) is 0 Å². The molecular formula is C13H16N2O3. The zero-order chi connectivity index (χ0) is 12.6. The Bertz CT molecular complexity index is 461. The first-order valence-corrected chi connectivity index (χ1v) is 6.32. The zero-order valence-corrected chi connectivity index (χ0v) is 10.1. The number of rotatable bonds is 2. The van der Waals surface area contributed by atoms with Crippen molar-refractivity contribution in [3.63, 3.8) is 0 Å². The highest BCUT2D eigenvalue weighted by Gasteiger charge is 2.48. The quantitative estimate of drug-likeness (QED) is 0.851. The average molecular weight is 248 g/mol. The van der Waals surface area contributed by atoms with Crippen LogP contribution < -0.4 is 5.32 Å². The van der Waals surface area contributed by atoms with Crippen molar-refractivity contribution in [3.8, 4) is 0 Å². The second-order valence-corrected chi connectivity index (χ2v) is 5.08. The average Bonchev–Trinajstić information content (AvgIpc) is 2.97. The summed E-state index contributed by atoms with van der Waals surface area (Å²) in [7, 11) is 0. The molecule has 3 rings (SSSR count). The van der Waals surface area contributed by atoms with Gasteiger partial charge in [-0.2, -0.15) is 0 Å². The Balaban J connectivity index is 1.81. The van der Waals surface area contributed by atoms with Crippen molar-refractivity contribution in [3.05, 3.63) is 24.2 Å². The number of furan rings is 1. The molecule has 1 aromatic heterocycles. The minimum Gasteiger partial charge on any atom is -0.467 e. The topological polar surface area (TPSA) is 62.6 Å². The molecule has 5 nitrogen and oxygen atoms in total. The van der Waals surface area contributed by atoms with Crippen LogP contribution in [0.5, 0.6) is 0 Å². The maximum Gasteiger partial charge on any atom is 0.249 e. The summed E-state index contributed by atoms with van der Waals surface area (Å²) < 4.78 is 5.25. The summed E-state index contributed by atoms with van der Waals surface area (Å²) in [5, 5.41) is 2.89. The summed E-state index contributed by atoms with van der Waals surface area (Å²) >= 11 is 0. The summed E-state index contributed by atoms with van der Waals surface area (Å²) in [6.07, 6.45) is 5.09. The maximum absolute atomic E-state index is 12.5. The second kappa shape index (κ2) is 4.15. The highest BCUT2D eigenvalue weighted by atomic mass is 16.3. The number of piperazine rings is 1. The molecule has 1 N–H and O–H groups in total. The monoisotopic (exact) mass is 248 g/mol. The van der Waals surface area contributed by atoms with E-state index in [1.54, 1.807) is 17.2 Å². The van der Waals surface area contributed by atoms with Crippen molar-refractivity contribution >= 4 is 11.8 Å². The Labute approximate surface area is 105 Å². The fourth-order valence-electron chi connectivity index (χ4n) is 2.94. The van der Waals surface area contributed by atoms with E-state index in [2.05, 4.69) is 5.32 Å². The van der Waals surface area contributed by atoms with E-state index in [0.717, 1.165) is 25.7 Å². The van der Waals surface area contributed by atoms with Crippen LogP contribution in [0.15, 0.2) is 22.8 Å². The Kier molecular flexibility index (Phi) is 2.61. The van der Waals surface area contributed by atoms with Crippen molar-refractivity contribution in [1.82, 2.24) is 10.2 Å². The lowest BCUT2D eigenvalue weighted by molar-refractivity contribution is -0.150. The third-order valence-corrected chi connectivity index (χ3v) is 3.79. The van der Waals surface area contributed by atoms with Crippen molar-refractivity contribution in [2.45, 2.75) is 37.8 Å². The molecule has 1 aliphatic heterocycles. The molecule has 2 aliphatic rings. The van der Waals surface area contributed by atoms with Crippen LogP contribution >= 0.6 is 0 Å². The molecule has 2 heterocycles. The minimum atomic E-state index is -0.637. The molecule has 1 aliphatic carbocycles. The van der Waals surface area contributed by atoms with Crippen LogP contribution in [0.3, 0.4) is 0 Å². The van der Waals surface area contributed by atoms with Crippen molar-refractivity contribution < 1.29 is 14.0 Å². The first kappa shape index (κ1) is 11.3. The zero-order valence-electron chi connectivity index (χ0n) is 10.1. The number of nitrogens with zero attached hydrogens (tertiary/aromatic N) is 1. The van der Waals surface area contributed by atoms with Crippen LogP contribution in [0.25, 0.3) is 0 Å². The van der Waals surface area contributed by atoms with Gasteiger partial charge in [-0.05, 0) is 25.0 Å². The van der Waals surface area contributed by atoms with E-state index in [-0.39, 0.29) is 18.4 Å². The van der Waals surface area contributed by atoms with Crippen LogP contribution in [0.4, 0.5) is 0 Å². The lowest BCUT2D eigenvalue weighted by Gasteiger charge is -2.39. The van der Waals surface area contributed by atoms with Crippen molar-refractivity contribution in [1.29, 1.82) is 0 Å². The van der Waals surface area contributed by atoms with Crippen LogP contribution in [0.1, 0.15) is 31.4 Å². The molecule has 1 saturated heterocycles. The fraction of sp³-hybridized carbons (Fsp3) is 0.538. The van der Waals surface area contributed by atoms with Gasteiger partial charge in [0.2, 0.25) is 11.8 Å². The molecular weight excluding hydrogens is 232 g/mol. The van der Waals surface area contributed by atoms with Gasteiger partial charge in [-0.15, -0.1) is 0 Å². The van der Waals surface area contributed by atoms with Crippen LogP contribution in [-0.4, -0.2) is 28.8 Å². The molecule has 0 atom stereocenters. The normalized spacial score (nSPS) is 22.6. The molecule has 18 heavy (non-hydrogen) atoms. The van der Waals surface area contributed by atoms with E-state index in [1.165, 1.54) is 0 Å². The number of amides is 2. The van der Waals surface area contributed by atoms with E-state index < -0.39 is 5.54 Å². The third kappa shape index (κ3) is 1.79. The SMILES string of the molecule is O=C1CN(Cc2ccco2)C(=O)C2(CCCC2)N1. The lowest BCUT2D eigenvalue weighted by Crippen LogP contribution is -2.65. The van der Waals surface area contributed by atoms with E-state index >= 15 is 0 Å². The summed E-state index contributed by atoms with van der Waals surface area (Å²) in [6.45, 7) is 0.502. The first-order valence-electron chi connectivity index (χ1n) is 6.32. The standard InChI is InChI=1S/C13H16N2O3/c16-11-9-15(8-10-4-3-7-18-10)12(17)13(14-11)5-1-2-6-13/h3-4,7H,1-2,5-6,8-9H2,(H,14,16). The molecule has 96 valence electrons.